The van der Waals surface area contributed by atoms with E-state index in [2.05, 4.69) is 10.5 Å². The summed E-state index contributed by atoms with van der Waals surface area (Å²) in [7, 11) is 3.00. The molecule has 3 aliphatic heterocycles. The quantitative estimate of drug-likeness (QED) is 0.117. The number of amides is 1. The van der Waals surface area contributed by atoms with Crippen molar-refractivity contribution in [1.29, 1.82) is 0 Å². The molecule has 16 nitrogen and oxygen atoms in total. The molecular weight excluding hydrogens is 873 g/mol. The molecule has 3 fully saturated rings. The van der Waals surface area contributed by atoms with E-state index in [1.165, 1.54) is 18.3 Å². The number of rotatable bonds is 7. The summed E-state index contributed by atoms with van der Waals surface area (Å²) < 4.78 is 28.9. The molecule has 2 bridgehead atoms. The molecule has 0 radical (unpaired) electrons. The van der Waals surface area contributed by atoms with E-state index >= 15 is 0 Å². The van der Waals surface area contributed by atoms with Gasteiger partial charge in [0, 0.05) is 44.7 Å². The minimum absolute atomic E-state index is 0.0258. The predicted octanol–water partition coefficient (Wildman–Crippen LogP) is 6.15. The summed E-state index contributed by atoms with van der Waals surface area (Å²) in [6, 6.07) is -2.00. The minimum atomic E-state index is -2.43. The van der Waals surface area contributed by atoms with Gasteiger partial charge in [0.1, 0.15) is 30.6 Å². The Hall–Kier alpha value is -4.03. The monoisotopic (exact) mass is 953 g/mol. The van der Waals surface area contributed by atoms with E-state index in [4.69, 9.17) is 29.2 Å². The van der Waals surface area contributed by atoms with Gasteiger partial charge in [0.15, 0.2) is 5.78 Å². The molecule has 380 valence electrons. The average Bonchev–Trinajstić information content (AvgIpc) is 3.84. The van der Waals surface area contributed by atoms with Crippen LogP contribution in [0.5, 0.6) is 0 Å². The molecule has 15 atom stereocenters. The molecule has 4 heterocycles. The molecule has 6 N–H and O–H groups in total. The number of ketones is 2. The van der Waals surface area contributed by atoms with Gasteiger partial charge in [-0.2, -0.15) is 0 Å². The first-order valence-corrected chi connectivity index (χ1v) is 24.9. The Bertz CT molecular complexity index is 1930. The van der Waals surface area contributed by atoms with E-state index in [-0.39, 0.29) is 48.6 Å². The van der Waals surface area contributed by atoms with Gasteiger partial charge in [-0.3, -0.25) is 14.4 Å². The normalized spacial score (nSPS) is 39.1. The van der Waals surface area contributed by atoms with Crippen LogP contribution in [0.4, 0.5) is 5.69 Å². The molecule has 1 aromatic heterocycles. The Labute approximate surface area is 403 Å². The predicted molar refractivity (Wildman–Crippen MR) is 257 cm³/mol. The van der Waals surface area contributed by atoms with Crippen molar-refractivity contribution in [3.05, 3.63) is 60.1 Å². The summed E-state index contributed by atoms with van der Waals surface area (Å²) >= 11 is 0. The van der Waals surface area contributed by atoms with Crippen molar-refractivity contribution in [2.75, 3.05) is 26.1 Å². The highest BCUT2D eigenvalue weighted by Gasteiger charge is 2.53. The lowest BCUT2D eigenvalue weighted by atomic mass is 9.78. The van der Waals surface area contributed by atoms with Gasteiger partial charge in [-0.05, 0) is 121 Å². The third-order valence-electron chi connectivity index (χ3n) is 14.9. The van der Waals surface area contributed by atoms with Crippen LogP contribution in [0.25, 0.3) is 0 Å². The Balaban J connectivity index is 1.46. The summed E-state index contributed by atoms with van der Waals surface area (Å²) in [6.45, 7) is 11.4. The maximum Gasteiger partial charge on any atom is 0.329 e. The van der Waals surface area contributed by atoms with Gasteiger partial charge in [0.25, 0.3) is 11.7 Å². The van der Waals surface area contributed by atoms with E-state index in [9.17, 15) is 34.5 Å². The second kappa shape index (κ2) is 25.7. The number of cyclic esters (lactones) is 1. The van der Waals surface area contributed by atoms with Gasteiger partial charge in [0.05, 0.1) is 30.2 Å². The number of allylic oxidation sites excluding steroid dienone is 5. The first-order valence-electron chi connectivity index (χ1n) is 24.9. The molecule has 1 aromatic rings. The third-order valence-corrected chi connectivity index (χ3v) is 14.9. The van der Waals surface area contributed by atoms with Crippen LogP contribution >= 0.6 is 0 Å². The van der Waals surface area contributed by atoms with Gasteiger partial charge in [0.2, 0.25) is 5.79 Å². The number of nitrogens with zero attached hydrogens (tertiary/aromatic N) is 2. The van der Waals surface area contributed by atoms with Crippen LogP contribution < -0.4 is 11.1 Å². The summed E-state index contributed by atoms with van der Waals surface area (Å²) in [5.41, 5.74) is 8.71. The molecular formula is C52H80N4O12. The van der Waals surface area contributed by atoms with Crippen molar-refractivity contribution in [2.45, 2.75) is 186 Å². The van der Waals surface area contributed by atoms with Crippen LogP contribution in [0.1, 0.15) is 125 Å². The number of aliphatic hydroxyl groups is 3. The lowest BCUT2D eigenvalue weighted by Crippen LogP contribution is -2.61. The molecule has 1 aliphatic carbocycles. The molecule has 68 heavy (non-hydrogen) atoms. The average molecular weight is 953 g/mol. The first kappa shape index (κ1) is 54.9. The van der Waals surface area contributed by atoms with Crippen molar-refractivity contribution < 1.29 is 58.0 Å². The molecule has 0 aromatic carbocycles. The summed E-state index contributed by atoms with van der Waals surface area (Å²) in [5, 5.41) is 41.3. The molecule has 16 heteroatoms. The first-order chi connectivity index (χ1) is 32.4. The number of hydrogen-bond acceptors (Lipinski definition) is 15. The number of carbonyl (C=O) groups excluding carboxylic acids is 4. The number of anilines is 1. The maximum absolute atomic E-state index is 14.4. The van der Waals surface area contributed by atoms with E-state index < -0.39 is 77.9 Å². The third kappa shape index (κ3) is 14.5. The Morgan fingerprint density at radius 3 is 2.40 bits per heavy atom. The molecule has 1 saturated carbocycles. The number of carbonyl (C=O) groups is 4. The van der Waals surface area contributed by atoms with E-state index in [1.807, 2.05) is 58.1 Å². The Morgan fingerprint density at radius 1 is 0.926 bits per heavy atom. The van der Waals surface area contributed by atoms with Gasteiger partial charge in [-0.15, -0.1) is 0 Å². The molecule has 5 rings (SSSR count). The zero-order chi connectivity index (χ0) is 49.7. The van der Waals surface area contributed by atoms with Crippen molar-refractivity contribution in [1.82, 2.24) is 10.1 Å². The van der Waals surface area contributed by atoms with Crippen LogP contribution in [0.3, 0.4) is 0 Å². The molecule has 2 saturated heterocycles. The fraction of sp³-hybridized carbons (Fsp3) is 0.712. The topological polar surface area (TPSA) is 233 Å². The zero-order valence-electron chi connectivity index (χ0n) is 41.6. The van der Waals surface area contributed by atoms with Gasteiger partial charge >= 0.3 is 5.97 Å². The number of Topliss-reactive ketones (excluding diaryl/α,β-unsaturated/α-hetero) is 2. The second-order valence-electron chi connectivity index (χ2n) is 20.3. The molecule has 4 aliphatic rings. The van der Waals surface area contributed by atoms with Crippen LogP contribution in [0, 0.1) is 29.6 Å². The van der Waals surface area contributed by atoms with E-state index in [0.29, 0.717) is 81.9 Å². The summed E-state index contributed by atoms with van der Waals surface area (Å²) in [6.07, 6.45) is 16.6. The Kier molecular flexibility index (Phi) is 20.8. The number of piperidine rings is 1. The minimum Gasteiger partial charge on any atom is -0.461 e. The zero-order valence-corrected chi connectivity index (χ0v) is 41.6. The van der Waals surface area contributed by atoms with Crippen molar-refractivity contribution in [3.8, 4) is 0 Å². The second-order valence-corrected chi connectivity index (χ2v) is 20.3. The highest BCUT2D eigenvalue weighted by atomic mass is 16.6. The van der Waals surface area contributed by atoms with Crippen LogP contribution in [-0.4, -0.2) is 130 Å². The van der Waals surface area contributed by atoms with Crippen LogP contribution in [-0.2, 0) is 38.1 Å². The summed E-state index contributed by atoms with van der Waals surface area (Å²) in [5.74, 6) is -6.47. The van der Waals surface area contributed by atoms with Crippen LogP contribution in [0.2, 0.25) is 0 Å². The lowest BCUT2D eigenvalue weighted by Gasteiger charge is -2.43. The standard InChI is InChI=1S/C52H80N4O12/c1-31-14-10-9-11-15-32(2)41(55-39-29-54-66-30-39)28-40-20-17-36(6)52(63,68-40)49(60)50(61)56-23-13-12-16-42(56)51(62)67-44(33(3)25-37-18-21-43(57)45(27-37)64-7)22-19-38(53)26-35(5)47(59)48(65-8)46(58)34(4)24-31/h9-11,14-15,26,29-31,33-34,36-38,40-45,47-48,55,57,59,63H,12-13,16-25,27-28,53H2,1-8H3/b11-9+,14-10+,32-15+,35-26+/t31-,33-,34-,36-,37?,38+,40?,41+,42+,43-,44+,45-,47-,48+,52-/m1/s1. The number of ether oxygens (including phenoxy) is 4. The van der Waals surface area contributed by atoms with Gasteiger partial charge in [-0.25, -0.2) is 4.79 Å². The summed E-state index contributed by atoms with van der Waals surface area (Å²) in [4.78, 5) is 58.1. The number of esters is 1. The molecule has 2 unspecified atom stereocenters. The SMILES string of the molecule is CO[C@@H]1CC(C[C@@H](C)[C@@H]2CC[C@H](N)/C=C(\C)[C@@H](O)[C@@H](OC)C(=O)[C@H](C)C[C@H](C)/C=C/C=C/C=C(\C)[C@@H](Nc3cnoc3)CC3CC[C@@H](C)[C@@](O)(O3)C(=O)C(=O)N3CCCC[C@H]3C(=O)O2)CC[C@H]1O. The van der Waals surface area contributed by atoms with E-state index in [0.717, 1.165) is 12.0 Å². The number of aliphatic hydroxyl groups excluding tert-OH is 2. The van der Waals surface area contributed by atoms with Crippen molar-refractivity contribution in [3.63, 3.8) is 0 Å². The molecule has 1 amide bonds. The number of methoxy groups -OCH3 is 2. The smallest absolute Gasteiger partial charge is 0.329 e. The highest BCUT2D eigenvalue weighted by Crippen LogP contribution is 2.38. The number of aromatic nitrogens is 1. The number of hydrogen-bond donors (Lipinski definition) is 5. The highest BCUT2D eigenvalue weighted by molar-refractivity contribution is 6.39. The maximum atomic E-state index is 14.4. The fourth-order valence-electron chi connectivity index (χ4n) is 10.5. The van der Waals surface area contributed by atoms with E-state index in [1.54, 1.807) is 33.2 Å². The van der Waals surface area contributed by atoms with Gasteiger partial charge in [-0.1, -0.05) is 74.9 Å². The molecule has 0 spiro atoms. The Morgan fingerprint density at radius 2 is 1.69 bits per heavy atom. The van der Waals surface area contributed by atoms with Crippen molar-refractivity contribution in [2.24, 2.45) is 35.3 Å². The number of nitrogens with two attached hydrogens (primary N) is 1. The van der Waals surface area contributed by atoms with Crippen LogP contribution in [0.15, 0.2) is 64.6 Å². The lowest BCUT2D eigenvalue weighted by molar-refractivity contribution is -0.263. The largest absolute Gasteiger partial charge is 0.461 e. The number of nitrogens with one attached hydrogen (secondary N) is 1. The van der Waals surface area contributed by atoms with Gasteiger partial charge < -0.3 is 54.7 Å². The van der Waals surface area contributed by atoms with Crippen molar-refractivity contribution >= 4 is 29.1 Å². The number of fused-ring (bicyclic) bond motifs is 3. The fourth-order valence-corrected chi connectivity index (χ4v) is 10.5.